The molecule has 4 nitrogen and oxygen atoms in total. The molecule has 1 N–H and O–H groups in total. The van der Waals surface area contributed by atoms with E-state index in [1.54, 1.807) is 0 Å². The van der Waals surface area contributed by atoms with Crippen molar-refractivity contribution in [2.45, 2.75) is 62.1 Å². The number of nitrogens with one attached hydrogen (secondary N) is 1. The number of anilines is 1. The van der Waals surface area contributed by atoms with Gasteiger partial charge in [-0.2, -0.15) is 5.26 Å². The minimum absolute atomic E-state index is 0.170. The summed E-state index contributed by atoms with van der Waals surface area (Å²) in [6.07, 6.45) is 7.15. The number of thioether (sulfide) groups is 1. The fraction of sp³-hybridized carbons (Fsp3) is 0.409. The van der Waals surface area contributed by atoms with Crippen LogP contribution < -0.4 is 5.32 Å². The highest BCUT2D eigenvalue weighted by Gasteiger charge is 2.22. The standard InChI is InChI=1S/C22H24FN3OS/c1-2-20(21(27)25-18-11-9-17(23)10-12-18)28-22-16(14-24)13-15-7-5-3-4-6-8-19(15)26-22/h9-13,20H,2-8H2,1H3,(H,25,27). The van der Waals surface area contributed by atoms with Crippen LogP contribution in [-0.4, -0.2) is 16.1 Å². The highest BCUT2D eigenvalue weighted by atomic mass is 32.2. The number of benzene rings is 1. The maximum atomic E-state index is 13.1. The lowest BCUT2D eigenvalue weighted by molar-refractivity contribution is -0.115. The zero-order chi connectivity index (χ0) is 19.9. The Bertz CT molecular complexity index is 877. The van der Waals surface area contributed by atoms with Crippen molar-refractivity contribution in [1.29, 1.82) is 5.26 Å². The molecule has 1 aliphatic rings. The fourth-order valence-electron chi connectivity index (χ4n) is 3.35. The summed E-state index contributed by atoms with van der Waals surface area (Å²) < 4.78 is 13.1. The highest BCUT2D eigenvalue weighted by molar-refractivity contribution is 8.00. The molecule has 1 aromatic heterocycles. The average Bonchev–Trinajstić information content (AvgIpc) is 2.68. The number of aryl methyl sites for hydroxylation is 2. The van der Waals surface area contributed by atoms with Crippen LogP contribution in [0.15, 0.2) is 35.4 Å². The SMILES string of the molecule is CCC(Sc1nc2c(cc1C#N)CCCCCC2)C(=O)Nc1ccc(F)cc1. The molecule has 146 valence electrons. The Balaban J connectivity index is 1.79. The van der Waals surface area contributed by atoms with E-state index >= 15 is 0 Å². The number of nitriles is 1. The van der Waals surface area contributed by atoms with Crippen molar-refractivity contribution in [3.05, 3.63) is 53.0 Å². The van der Waals surface area contributed by atoms with E-state index in [1.165, 1.54) is 54.4 Å². The van der Waals surface area contributed by atoms with Crippen molar-refractivity contribution < 1.29 is 9.18 Å². The molecule has 3 rings (SSSR count). The van der Waals surface area contributed by atoms with Gasteiger partial charge in [0.1, 0.15) is 16.9 Å². The summed E-state index contributed by atoms with van der Waals surface area (Å²) in [5.74, 6) is -0.514. The largest absolute Gasteiger partial charge is 0.325 e. The maximum Gasteiger partial charge on any atom is 0.237 e. The lowest BCUT2D eigenvalue weighted by atomic mass is 9.96. The summed E-state index contributed by atoms with van der Waals surface area (Å²) in [6, 6.07) is 9.91. The van der Waals surface area contributed by atoms with Crippen molar-refractivity contribution in [3.63, 3.8) is 0 Å². The third-order valence-electron chi connectivity index (χ3n) is 4.92. The molecule has 0 saturated heterocycles. The number of fused-ring (bicyclic) bond motifs is 1. The maximum absolute atomic E-state index is 13.1. The molecule has 0 bridgehead atoms. The van der Waals surface area contributed by atoms with Gasteiger partial charge in [0.05, 0.1) is 10.8 Å². The van der Waals surface area contributed by atoms with Crippen LogP contribution in [0.3, 0.4) is 0 Å². The first-order valence-corrected chi connectivity index (χ1v) is 10.6. The van der Waals surface area contributed by atoms with E-state index in [9.17, 15) is 14.4 Å². The van der Waals surface area contributed by atoms with Crippen LogP contribution in [0.1, 0.15) is 55.8 Å². The number of aromatic nitrogens is 1. The molecule has 1 unspecified atom stereocenters. The van der Waals surface area contributed by atoms with E-state index in [-0.39, 0.29) is 17.0 Å². The second-order valence-electron chi connectivity index (χ2n) is 6.98. The van der Waals surface area contributed by atoms with E-state index < -0.39 is 0 Å². The number of hydrogen-bond acceptors (Lipinski definition) is 4. The molecule has 1 atom stereocenters. The summed E-state index contributed by atoms with van der Waals surface area (Å²) in [7, 11) is 0. The Morgan fingerprint density at radius 2 is 1.96 bits per heavy atom. The van der Waals surface area contributed by atoms with E-state index in [4.69, 9.17) is 4.98 Å². The molecule has 28 heavy (non-hydrogen) atoms. The first-order chi connectivity index (χ1) is 13.6. The lowest BCUT2D eigenvalue weighted by Crippen LogP contribution is -2.25. The normalized spacial score (nSPS) is 14.9. The Morgan fingerprint density at radius 3 is 2.64 bits per heavy atom. The number of carbonyl (C=O) groups is 1. The van der Waals surface area contributed by atoms with Gasteiger partial charge in [0.25, 0.3) is 0 Å². The van der Waals surface area contributed by atoms with Crippen LogP contribution in [0, 0.1) is 17.1 Å². The second-order valence-corrected chi connectivity index (χ2v) is 8.18. The molecular weight excluding hydrogens is 373 g/mol. The van der Waals surface area contributed by atoms with Gasteiger partial charge in [0, 0.05) is 11.4 Å². The number of amides is 1. The monoisotopic (exact) mass is 397 g/mol. The zero-order valence-electron chi connectivity index (χ0n) is 16.0. The minimum atomic E-state index is -0.378. The van der Waals surface area contributed by atoms with E-state index in [2.05, 4.69) is 11.4 Å². The summed E-state index contributed by atoms with van der Waals surface area (Å²) in [4.78, 5) is 17.5. The van der Waals surface area contributed by atoms with Gasteiger partial charge in [0.15, 0.2) is 0 Å². The number of pyridine rings is 1. The fourth-order valence-corrected chi connectivity index (χ4v) is 4.35. The van der Waals surface area contributed by atoms with Gasteiger partial charge in [-0.3, -0.25) is 4.79 Å². The van der Waals surface area contributed by atoms with Crippen LogP contribution >= 0.6 is 11.8 Å². The summed E-state index contributed by atoms with van der Waals surface area (Å²) >= 11 is 1.34. The molecule has 6 heteroatoms. The molecule has 1 amide bonds. The molecule has 0 fully saturated rings. The smallest absolute Gasteiger partial charge is 0.237 e. The Kier molecular flexibility index (Phi) is 7.05. The molecule has 2 aromatic rings. The van der Waals surface area contributed by atoms with Crippen molar-refractivity contribution in [2.75, 3.05) is 5.32 Å². The molecule has 0 radical (unpaired) electrons. The van der Waals surface area contributed by atoms with Crippen molar-refractivity contribution in [3.8, 4) is 6.07 Å². The van der Waals surface area contributed by atoms with Gasteiger partial charge >= 0.3 is 0 Å². The predicted molar refractivity (Wildman–Crippen MR) is 110 cm³/mol. The summed E-state index contributed by atoms with van der Waals surface area (Å²) in [5.41, 5.74) is 3.33. The van der Waals surface area contributed by atoms with Crippen LogP contribution in [0.4, 0.5) is 10.1 Å². The highest BCUT2D eigenvalue weighted by Crippen LogP contribution is 2.31. The second kappa shape index (κ2) is 9.70. The van der Waals surface area contributed by atoms with Crippen molar-refractivity contribution >= 4 is 23.4 Å². The van der Waals surface area contributed by atoms with E-state index in [0.717, 1.165) is 31.4 Å². The van der Waals surface area contributed by atoms with Crippen LogP contribution in [0.25, 0.3) is 0 Å². The average molecular weight is 398 g/mol. The molecule has 1 heterocycles. The topological polar surface area (TPSA) is 65.8 Å². The molecule has 1 aromatic carbocycles. The Labute approximate surface area is 169 Å². The van der Waals surface area contributed by atoms with E-state index in [1.807, 2.05) is 13.0 Å². The van der Waals surface area contributed by atoms with Crippen LogP contribution in [0.2, 0.25) is 0 Å². The van der Waals surface area contributed by atoms with Crippen molar-refractivity contribution in [1.82, 2.24) is 4.98 Å². The van der Waals surface area contributed by atoms with Gasteiger partial charge in [-0.15, -0.1) is 0 Å². The number of rotatable bonds is 5. The lowest BCUT2D eigenvalue weighted by Gasteiger charge is -2.18. The number of hydrogen-bond donors (Lipinski definition) is 1. The third-order valence-corrected chi connectivity index (χ3v) is 6.28. The summed E-state index contributed by atoms with van der Waals surface area (Å²) in [5, 5.41) is 12.7. The third kappa shape index (κ3) is 5.11. The van der Waals surface area contributed by atoms with Gasteiger partial charge in [-0.1, -0.05) is 31.5 Å². The van der Waals surface area contributed by atoms with Crippen LogP contribution in [0.5, 0.6) is 0 Å². The van der Waals surface area contributed by atoms with Gasteiger partial charge in [-0.05, 0) is 68.0 Å². The number of nitrogens with zero attached hydrogens (tertiary/aromatic N) is 2. The molecule has 0 aliphatic heterocycles. The number of carbonyl (C=O) groups excluding carboxylic acids is 1. The summed E-state index contributed by atoms with van der Waals surface area (Å²) in [6.45, 7) is 1.93. The van der Waals surface area contributed by atoms with Gasteiger partial charge < -0.3 is 5.32 Å². The molecular formula is C22H24FN3OS. The Hall–Kier alpha value is -2.39. The molecule has 0 spiro atoms. The molecule has 1 aliphatic carbocycles. The van der Waals surface area contributed by atoms with Crippen LogP contribution in [-0.2, 0) is 17.6 Å². The predicted octanol–water partition coefficient (Wildman–Crippen LogP) is 5.26. The quantitative estimate of drug-likeness (QED) is 0.699. The Morgan fingerprint density at radius 1 is 1.25 bits per heavy atom. The number of halogens is 1. The zero-order valence-corrected chi connectivity index (χ0v) is 16.8. The van der Waals surface area contributed by atoms with E-state index in [0.29, 0.717) is 22.7 Å². The molecule has 0 saturated carbocycles. The first kappa shape index (κ1) is 20.3. The van der Waals surface area contributed by atoms with Crippen molar-refractivity contribution in [2.24, 2.45) is 0 Å². The van der Waals surface area contributed by atoms with Gasteiger partial charge in [-0.25, -0.2) is 9.37 Å². The minimum Gasteiger partial charge on any atom is -0.325 e. The first-order valence-electron chi connectivity index (χ1n) is 9.76. The van der Waals surface area contributed by atoms with Gasteiger partial charge in [0.2, 0.25) is 5.91 Å².